The average Bonchev–Trinajstić information content (AvgIpc) is 2.98. The highest BCUT2D eigenvalue weighted by atomic mass is 32.2. The number of anilines is 1. The third-order valence-electron chi connectivity index (χ3n) is 4.06. The number of nitrogens with two attached hydrogens (primary N) is 1. The lowest BCUT2D eigenvalue weighted by molar-refractivity contribution is 0.911. The molecule has 0 unspecified atom stereocenters. The van der Waals surface area contributed by atoms with Gasteiger partial charge in [0.2, 0.25) is 0 Å². The summed E-state index contributed by atoms with van der Waals surface area (Å²) in [6.07, 6.45) is 5.56. The maximum Gasteiger partial charge on any atom is 0.0861 e. The zero-order valence-electron chi connectivity index (χ0n) is 11.7. The summed E-state index contributed by atoms with van der Waals surface area (Å²) in [4.78, 5) is 6.96. The van der Waals surface area contributed by atoms with Crippen LogP contribution in [-0.4, -0.2) is 4.98 Å². The molecule has 2 aromatic carbocycles. The first-order valence-electron chi connectivity index (χ1n) is 7.24. The predicted octanol–water partition coefficient (Wildman–Crippen LogP) is 4.46. The molecule has 0 radical (unpaired) electrons. The van der Waals surface area contributed by atoms with Gasteiger partial charge >= 0.3 is 0 Å². The first-order valence-corrected chi connectivity index (χ1v) is 8.06. The zero-order valence-corrected chi connectivity index (χ0v) is 12.5. The van der Waals surface area contributed by atoms with Gasteiger partial charge in [0.05, 0.1) is 5.52 Å². The molecule has 104 valence electrons. The van der Waals surface area contributed by atoms with Crippen molar-refractivity contribution in [1.29, 1.82) is 0 Å². The number of nitrogen functional groups attached to an aromatic ring is 1. The highest BCUT2D eigenvalue weighted by Gasteiger charge is 2.12. The van der Waals surface area contributed by atoms with Crippen molar-refractivity contribution < 1.29 is 0 Å². The van der Waals surface area contributed by atoms with Crippen LogP contribution in [0.25, 0.3) is 10.9 Å². The van der Waals surface area contributed by atoms with E-state index in [1.54, 1.807) is 11.8 Å². The van der Waals surface area contributed by atoms with Crippen LogP contribution in [0.2, 0.25) is 0 Å². The average molecular weight is 292 g/mol. The number of aryl methyl sites for hydroxylation is 2. The molecule has 1 aliphatic carbocycles. The molecule has 1 aromatic heterocycles. The van der Waals surface area contributed by atoms with Crippen molar-refractivity contribution in [2.75, 3.05) is 5.73 Å². The van der Waals surface area contributed by atoms with Crippen molar-refractivity contribution in [3.63, 3.8) is 0 Å². The summed E-state index contributed by atoms with van der Waals surface area (Å²) in [6, 6.07) is 14.8. The number of fused-ring (bicyclic) bond motifs is 2. The predicted molar refractivity (Wildman–Crippen MR) is 88.7 cm³/mol. The van der Waals surface area contributed by atoms with Crippen LogP contribution in [0.15, 0.2) is 58.5 Å². The number of pyridine rings is 1. The van der Waals surface area contributed by atoms with E-state index in [4.69, 9.17) is 5.73 Å². The van der Waals surface area contributed by atoms with Gasteiger partial charge in [-0.25, -0.2) is 0 Å². The van der Waals surface area contributed by atoms with Crippen molar-refractivity contribution >= 4 is 28.4 Å². The summed E-state index contributed by atoms with van der Waals surface area (Å²) in [5, 5.41) is 1.03. The zero-order chi connectivity index (χ0) is 14.2. The van der Waals surface area contributed by atoms with Gasteiger partial charge in [-0.3, -0.25) is 4.98 Å². The quantitative estimate of drug-likeness (QED) is 0.709. The van der Waals surface area contributed by atoms with E-state index >= 15 is 0 Å². The Labute approximate surface area is 128 Å². The molecule has 0 saturated carbocycles. The second-order valence-corrected chi connectivity index (χ2v) is 6.55. The molecule has 3 aromatic rings. The fourth-order valence-electron chi connectivity index (χ4n) is 2.99. The lowest BCUT2D eigenvalue weighted by Crippen LogP contribution is -1.90. The van der Waals surface area contributed by atoms with Gasteiger partial charge in [-0.05, 0) is 66.8 Å². The van der Waals surface area contributed by atoms with Crippen LogP contribution in [0.4, 0.5) is 5.69 Å². The van der Waals surface area contributed by atoms with Crippen LogP contribution in [0.3, 0.4) is 0 Å². The summed E-state index contributed by atoms with van der Waals surface area (Å²) in [5.74, 6) is 0. The molecule has 21 heavy (non-hydrogen) atoms. The molecule has 4 rings (SSSR count). The van der Waals surface area contributed by atoms with Gasteiger partial charge in [-0.2, -0.15) is 0 Å². The smallest absolute Gasteiger partial charge is 0.0861 e. The number of hydrogen-bond acceptors (Lipinski definition) is 3. The molecule has 1 aliphatic rings. The van der Waals surface area contributed by atoms with E-state index in [2.05, 4.69) is 29.2 Å². The van der Waals surface area contributed by atoms with Crippen molar-refractivity contribution in [3.8, 4) is 0 Å². The largest absolute Gasteiger partial charge is 0.398 e. The first-order chi connectivity index (χ1) is 10.3. The maximum atomic E-state index is 6.04. The topological polar surface area (TPSA) is 38.9 Å². The molecule has 0 atom stereocenters. The van der Waals surface area contributed by atoms with Crippen molar-refractivity contribution in [2.45, 2.75) is 29.1 Å². The summed E-state index contributed by atoms with van der Waals surface area (Å²) in [5.41, 5.74) is 10.8. The number of rotatable bonds is 2. The minimum atomic E-state index is 0.788. The molecule has 0 amide bonds. The summed E-state index contributed by atoms with van der Waals surface area (Å²) >= 11 is 1.77. The molecule has 0 bridgehead atoms. The lowest BCUT2D eigenvalue weighted by Gasteiger charge is -2.09. The third kappa shape index (κ3) is 2.28. The maximum absolute atomic E-state index is 6.04. The van der Waals surface area contributed by atoms with E-state index in [1.807, 2.05) is 24.4 Å². The van der Waals surface area contributed by atoms with Crippen molar-refractivity contribution in [3.05, 3.63) is 59.8 Å². The molecular formula is C18H16N2S. The normalized spacial score (nSPS) is 13.5. The van der Waals surface area contributed by atoms with Gasteiger partial charge in [-0.15, -0.1) is 0 Å². The third-order valence-corrected chi connectivity index (χ3v) is 5.10. The van der Waals surface area contributed by atoms with Gasteiger partial charge in [-0.1, -0.05) is 17.8 Å². The Balaban J connectivity index is 1.76. The fraction of sp³-hybridized carbons (Fsp3) is 0.167. The fourth-order valence-corrected chi connectivity index (χ4v) is 3.98. The Bertz CT molecular complexity index is 827. The number of benzene rings is 2. The molecule has 0 aliphatic heterocycles. The van der Waals surface area contributed by atoms with Gasteiger partial charge in [0.25, 0.3) is 0 Å². The van der Waals surface area contributed by atoms with E-state index < -0.39 is 0 Å². The second-order valence-electron chi connectivity index (χ2n) is 5.44. The Morgan fingerprint density at radius 1 is 1.00 bits per heavy atom. The molecule has 1 heterocycles. The first kappa shape index (κ1) is 12.7. The Morgan fingerprint density at radius 2 is 1.90 bits per heavy atom. The molecule has 3 heteroatoms. The monoisotopic (exact) mass is 292 g/mol. The summed E-state index contributed by atoms with van der Waals surface area (Å²) < 4.78 is 0. The SMILES string of the molecule is Nc1ccc(Sc2ccc3c(c2)CCC3)c2ncccc12. The molecule has 2 N–H and O–H groups in total. The number of nitrogens with zero attached hydrogens (tertiary/aromatic N) is 1. The molecule has 0 saturated heterocycles. The van der Waals surface area contributed by atoms with Gasteiger partial charge in [0, 0.05) is 27.1 Å². The van der Waals surface area contributed by atoms with E-state index in [9.17, 15) is 0 Å². The Morgan fingerprint density at radius 3 is 2.86 bits per heavy atom. The van der Waals surface area contributed by atoms with E-state index in [0.717, 1.165) is 21.5 Å². The van der Waals surface area contributed by atoms with Gasteiger partial charge in [0.1, 0.15) is 0 Å². The summed E-state index contributed by atoms with van der Waals surface area (Å²) in [6.45, 7) is 0. The van der Waals surface area contributed by atoms with E-state index in [-0.39, 0.29) is 0 Å². The molecular weight excluding hydrogens is 276 g/mol. The van der Waals surface area contributed by atoms with Crippen molar-refractivity contribution in [2.24, 2.45) is 0 Å². The van der Waals surface area contributed by atoms with Crippen molar-refractivity contribution in [1.82, 2.24) is 4.98 Å². The van der Waals surface area contributed by atoms with E-state index in [1.165, 1.54) is 35.3 Å². The molecule has 0 spiro atoms. The second kappa shape index (κ2) is 5.08. The van der Waals surface area contributed by atoms with Crippen LogP contribution >= 0.6 is 11.8 Å². The van der Waals surface area contributed by atoms with Gasteiger partial charge < -0.3 is 5.73 Å². The molecule has 0 fully saturated rings. The van der Waals surface area contributed by atoms with E-state index in [0.29, 0.717) is 0 Å². The van der Waals surface area contributed by atoms with Crippen LogP contribution in [0, 0.1) is 0 Å². The highest BCUT2D eigenvalue weighted by molar-refractivity contribution is 7.99. The van der Waals surface area contributed by atoms with Crippen LogP contribution < -0.4 is 5.73 Å². The lowest BCUT2D eigenvalue weighted by atomic mass is 10.1. The van der Waals surface area contributed by atoms with Gasteiger partial charge in [0.15, 0.2) is 0 Å². The minimum Gasteiger partial charge on any atom is -0.398 e. The standard InChI is InChI=1S/C18H16N2S/c19-16-8-9-17(18-15(16)5-2-10-20-18)21-14-7-6-12-3-1-4-13(12)11-14/h2,5-11H,1,3-4,19H2. The molecule has 2 nitrogen and oxygen atoms in total. The summed E-state index contributed by atoms with van der Waals surface area (Å²) in [7, 11) is 0. The number of aromatic nitrogens is 1. The van der Waals surface area contributed by atoms with Crippen LogP contribution in [-0.2, 0) is 12.8 Å². The Hall–Kier alpha value is -2.00. The Kier molecular flexibility index (Phi) is 3.08. The minimum absolute atomic E-state index is 0.788. The van der Waals surface area contributed by atoms with Crippen LogP contribution in [0.5, 0.6) is 0 Å². The highest BCUT2D eigenvalue weighted by Crippen LogP contribution is 2.36. The van der Waals surface area contributed by atoms with Crippen LogP contribution in [0.1, 0.15) is 17.5 Å². The number of hydrogen-bond donors (Lipinski definition) is 1.